The van der Waals surface area contributed by atoms with E-state index in [0.29, 0.717) is 19.1 Å². The number of fused-ring (bicyclic) bond motifs is 1. The highest BCUT2D eigenvalue weighted by Gasteiger charge is 2.57. The zero-order valence-corrected chi connectivity index (χ0v) is 9.69. The first-order valence-corrected chi connectivity index (χ1v) is 5.76. The summed E-state index contributed by atoms with van der Waals surface area (Å²) in [5.74, 6) is 2.16. The Kier molecular flexibility index (Phi) is 1.96. The van der Waals surface area contributed by atoms with Crippen LogP contribution in [0.25, 0.3) is 0 Å². The summed E-state index contributed by atoms with van der Waals surface area (Å²) in [7, 11) is 0. The van der Waals surface area contributed by atoms with Gasteiger partial charge in [0.25, 0.3) is 0 Å². The van der Waals surface area contributed by atoms with Crippen molar-refractivity contribution in [3.05, 3.63) is 23.8 Å². The highest BCUT2D eigenvalue weighted by atomic mass is 16.6. The maximum Gasteiger partial charge on any atom is 0.164 e. The third-order valence-electron chi connectivity index (χ3n) is 3.84. The van der Waals surface area contributed by atoms with Gasteiger partial charge in [0.15, 0.2) is 11.5 Å². The molecule has 2 N–H and O–H groups in total. The van der Waals surface area contributed by atoms with Gasteiger partial charge in [-0.1, -0.05) is 26.0 Å². The molecule has 86 valence electrons. The molecule has 1 saturated carbocycles. The standard InChI is InChI=1S/C13H17NO2/c1-13(2)10(12(13)14)8-4-3-5-9-11(8)16-7-6-15-9/h3-5,10,12H,6-7,14H2,1-2H3/t10-,12-/m1/s1. The van der Waals surface area contributed by atoms with Crippen molar-refractivity contribution >= 4 is 0 Å². The van der Waals surface area contributed by atoms with Crippen LogP contribution in [0.1, 0.15) is 25.3 Å². The van der Waals surface area contributed by atoms with Crippen LogP contribution < -0.4 is 15.2 Å². The summed E-state index contributed by atoms with van der Waals surface area (Å²) in [5.41, 5.74) is 7.49. The van der Waals surface area contributed by atoms with Gasteiger partial charge < -0.3 is 15.2 Å². The Bertz CT molecular complexity index is 428. The van der Waals surface area contributed by atoms with E-state index in [-0.39, 0.29) is 11.5 Å². The number of nitrogens with two attached hydrogens (primary N) is 1. The summed E-state index contributed by atoms with van der Waals surface area (Å²) in [4.78, 5) is 0. The lowest BCUT2D eigenvalue weighted by atomic mass is 10.0. The third-order valence-corrected chi connectivity index (χ3v) is 3.84. The fourth-order valence-electron chi connectivity index (χ4n) is 2.61. The molecule has 3 heteroatoms. The van der Waals surface area contributed by atoms with E-state index in [1.807, 2.05) is 12.1 Å². The largest absolute Gasteiger partial charge is 0.486 e. The molecule has 3 nitrogen and oxygen atoms in total. The average molecular weight is 219 g/mol. The minimum Gasteiger partial charge on any atom is -0.486 e. The molecule has 0 aromatic heterocycles. The van der Waals surface area contributed by atoms with E-state index in [9.17, 15) is 0 Å². The smallest absolute Gasteiger partial charge is 0.164 e. The van der Waals surface area contributed by atoms with Crippen molar-refractivity contribution in [3.63, 3.8) is 0 Å². The lowest BCUT2D eigenvalue weighted by Crippen LogP contribution is -2.16. The molecule has 1 aliphatic carbocycles. The zero-order chi connectivity index (χ0) is 11.3. The molecule has 0 bridgehead atoms. The van der Waals surface area contributed by atoms with Crippen LogP contribution in [0.15, 0.2) is 18.2 Å². The second-order valence-electron chi connectivity index (χ2n) is 5.20. The van der Waals surface area contributed by atoms with E-state index in [2.05, 4.69) is 19.9 Å². The molecule has 3 rings (SSSR count). The van der Waals surface area contributed by atoms with Crippen molar-refractivity contribution < 1.29 is 9.47 Å². The Morgan fingerprint density at radius 1 is 1.25 bits per heavy atom. The van der Waals surface area contributed by atoms with Gasteiger partial charge in [0, 0.05) is 17.5 Å². The summed E-state index contributed by atoms with van der Waals surface area (Å²) in [6.45, 7) is 5.67. The van der Waals surface area contributed by atoms with Crippen molar-refractivity contribution in [2.45, 2.75) is 25.8 Å². The molecular weight excluding hydrogens is 202 g/mol. The van der Waals surface area contributed by atoms with Crippen LogP contribution in [-0.2, 0) is 0 Å². The molecule has 0 spiro atoms. The molecule has 0 unspecified atom stereocenters. The van der Waals surface area contributed by atoms with Crippen LogP contribution in [0.2, 0.25) is 0 Å². The van der Waals surface area contributed by atoms with Gasteiger partial charge in [0.1, 0.15) is 13.2 Å². The van der Waals surface area contributed by atoms with E-state index >= 15 is 0 Å². The normalized spacial score (nSPS) is 29.9. The molecule has 16 heavy (non-hydrogen) atoms. The second-order valence-corrected chi connectivity index (χ2v) is 5.20. The molecule has 2 aliphatic rings. The van der Waals surface area contributed by atoms with Gasteiger partial charge in [-0.3, -0.25) is 0 Å². The van der Waals surface area contributed by atoms with E-state index in [4.69, 9.17) is 15.2 Å². The highest BCUT2D eigenvalue weighted by molar-refractivity contribution is 5.52. The molecule has 1 aromatic rings. The molecule has 0 amide bonds. The van der Waals surface area contributed by atoms with E-state index in [1.54, 1.807) is 0 Å². The number of benzene rings is 1. The van der Waals surface area contributed by atoms with Crippen molar-refractivity contribution in [2.75, 3.05) is 13.2 Å². The fourth-order valence-corrected chi connectivity index (χ4v) is 2.61. The monoisotopic (exact) mass is 219 g/mol. The van der Waals surface area contributed by atoms with Gasteiger partial charge >= 0.3 is 0 Å². The van der Waals surface area contributed by atoms with Crippen LogP contribution in [0.3, 0.4) is 0 Å². The lowest BCUT2D eigenvalue weighted by molar-refractivity contribution is 0.169. The molecule has 1 heterocycles. The Balaban J connectivity index is 2.03. The van der Waals surface area contributed by atoms with Crippen LogP contribution in [0, 0.1) is 5.41 Å². The van der Waals surface area contributed by atoms with Crippen LogP contribution >= 0.6 is 0 Å². The number of hydrogen-bond donors (Lipinski definition) is 1. The summed E-state index contributed by atoms with van der Waals surface area (Å²) >= 11 is 0. The van der Waals surface area contributed by atoms with Crippen molar-refractivity contribution in [2.24, 2.45) is 11.1 Å². The second kappa shape index (κ2) is 3.14. The average Bonchev–Trinajstić information content (AvgIpc) is 2.77. The molecule has 1 aromatic carbocycles. The van der Waals surface area contributed by atoms with Crippen molar-refractivity contribution in [1.29, 1.82) is 0 Å². The molecule has 1 fully saturated rings. The van der Waals surface area contributed by atoms with Crippen molar-refractivity contribution in [3.8, 4) is 11.5 Å². The van der Waals surface area contributed by atoms with Gasteiger partial charge in [-0.15, -0.1) is 0 Å². The minimum atomic E-state index is 0.177. The number of hydrogen-bond acceptors (Lipinski definition) is 3. The molecule has 1 aliphatic heterocycles. The molecule has 0 saturated heterocycles. The maximum atomic E-state index is 6.11. The fraction of sp³-hybridized carbons (Fsp3) is 0.538. The summed E-state index contributed by atoms with van der Waals surface area (Å²) < 4.78 is 11.3. The van der Waals surface area contributed by atoms with Gasteiger partial charge in [0.2, 0.25) is 0 Å². The van der Waals surface area contributed by atoms with Crippen LogP contribution in [0.5, 0.6) is 11.5 Å². The molecule has 0 radical (unpaired) electrons. The Morgan fingerprint density at radius 3 is 2.62 bits per heavy atom. The number of ether oxygens (including phenoxy) is 2. The zero-order valence-electron chi connectivity index (χ0n) is 9.69. The quantitative estimate of drug-likeness (QED) is 0.784. The molecule has 2 atom stereocenters. The summed E-state index contributed by atoms with van der Waals surface area (Å²) in [6, 6.07) is 6.31. The Hall–Kier alpha value is -1.22. The highest BCUT2D eigenvalue weighted by Crippen LogP contribution is 2.60. The van der Waals surface area contributed by atoms with E-state index in [1.165, 1.54) is 5.56 Å². The predicted octanol–water partition coefficient (Wildman–Crippen LogP) is 1.91. The van der Waals surface area contributed by atoms with Gasteiger partial charge in [0.05, 0.1) is 0 Å². The lowest BCUT2D eigenvalue weighted by Gasteiger charge is -2.21. The predicted molar refractivity (Wildman–Crippen MR) is 61.9 cm³/mol. The summed E-state index contributed by atoms with van der Waals surface area (Å²) in [6.07, 6.45) is 0. The summed E-state index contributed by atoms with van der Waals surface area (Å²) in [5, 5.41) is 0. The topological polar surface area (TPSA) is 44.5 Å². The van der Waals surface area contributed by atoms with Crippen LogP contribution in [0.4, 0.5) is 0 Å². The molecular formula is C13H17NO2. The first kappa shape index (κ1) is 9.97. The number of rotatable bonds is 1. The first-order valence-electron chi connectivity index (χ1n) is 5.76. The SMILES string of the molecule is CC1(C)[C@H](N)[C@H]1c1cccc2c1OCCO2. The third kappa shape index (κ3) is 1.24. The minimum absolute atomic E-state index is 0.177. The Morgan fingerprint density at radius 2 is 1.94 bits per heavy atom. The van der Waals surface area contributed by atoms with Gasteiger partial charge in [-0.2, -0.15) is 0 Å². The van der Waals surface area contributed by atoms with Crippen LogP contribution in [-0.4, -0.2) is 19.3 Å². The maximum absolute atomic E-state index is 6.11. The van der Waals surface area contributed by atoms with Gasteiger partial charge in [-0.05, 0) is 11.5 Å². The Labute approximate surface area is 95.5 Å². The number of para-hydroxylation sites is 1. The van der Waals surface area contributed by atoms with Crippen molar-refractivity contribution in [1.82, 2.24) is 0 Å². The first-order chi connectivity index (χ1) is 7.62. The van der Waals surface area contributed by atoms with Gasteiger partial charge in [-0.25, -0.2) is 0 Å². The van der Waals surface area contributed by atoms with E-state index < -0.39 is 0 Å². The van der Waals surface area contributed by atoms with E-state index in [0.717, 1.165) is 11.5 Å².